The van der Waals surface area contributed by atoms with E-state index in [2.05, 4.69) is 88.6 Å². The highest BCUT2D eigenvalue weighted by molar-refractivity contribution is 5.85. The number of rotatable bonds is 5. The van der Waals surface area contributed by atoms with Crippen molar-refractivity contribution in [2.75, 3.05) is 37.7 Å². The van der Waals surface area contributed by atoms with Crippen LogP contribution in [0.4, 0.5) is 5.69 Å². The summed E-state index contributed by atoms with van der Waals surface area (Å²) in [6, 6.07) is 21.3. The van der Waals surface area contributed by atoms with Gasteiger partial charge in [0.2, 0.25) is 0 Å². The fourth-order valence-electron chi connectivity index (χ4n) is 4.62. The molecule has 0 atom stereocenters. The van der Waals surface area contributed by atoms with Crippen LogP contribution in [0.2, 0.25) is 0 Å². The molecule has 0 N–H and O–H groups in total. The Morgan fingerprint density at radius 3 is 2.53 bits per heavy atom. The zero-order chi connectivity index (χ0) is 20.3. The highest BCUT2D eigenvalue weighted by Crippen LogP contribution is 2.27. The van der Waals surface area contributed by atoms with Crippen molar-refractivity contribution in [1.29, 1.82) is 0 Å². The molecule has 2 aliphatic rings. The van der Waals surface area contributed by atoms with E-state index in [0.717, 1.165) is 35.9 Å². The van der Waals surface area contributed by atoms with E-state index in [0.29, 0.717) is 0 Å². The first-order chi connectivity index (χ1) is 14.8. The standard InChI is InChI=1S/C26H30N4/c1-2-28-14-12-21(13-15-28)19-29-16-17-30(20-29)24-10-8-23-9-11-25(27-26(23)18-24)22-6-4-3-5-7-22/h3-11,16-18,21H,2,12-15,19-20H2,1H3. The molecule has 1 fully saturated rings. The van der Waals surface area contributed by atoms with E-state index in [-0.39, 0.29) is 0 Å². The molecule has 0 radical (unpaired) electrons. The van der Waals surface area contributed by atoms with Crippen LogP contribution >= 0.6 is 0 Å². The quantitative estimate of drug-likeness (QED) is 0.590. The maximum Gasteiger partial charge on any atom is 0.0942 e. The van der Waals surface area contributed by atoms with Gasteiger partial charge in [0.1, 0.15) is 0 Å². The van der Waals surface area contributed by atoms with Gasteiger partial charge in [-0.15, -0.1) is 0 Å². The number of hydrogen-bond acceptors (Lipinski definition) is 4. The second-order valence-electron chi connectivity index (χ2n) is 8.50. The van der Waals surface area contributed by atoms with Crippen LogP contribution in [0.5, 0.6) is 0 Å². The first-order valence-corrected chi connectivity index (χ1v) is 11.2. The Balaban J connectivity index is 1.28. The fraction of sp³-hybridized carbons (Fsp3) is 0.346. The summed E-state index contributed by atoms with van der Waals surface area (Å²) in [6.07, 6.45) is 7.11. The van der Waals surface area contributed by atoms with E-state index < -0.39 is 0 Å². The average Bonchev–Trinajstić information content (AvgIpc) is 3.28. The minimum Gasteiger partial charge on any atom is -0.358 e. The van der Waals surface area contributed by atoms with Gasteiger partial charge >= 0.3 is 0 Å². The molecule has 1 saturated heterocycles. The van der Waals surface area contributed by atoms with Crippen LogP contribution in [0, 0.1) is 5.92 Å². The van der Waals surface area contributed by atoms with Gasteiger partial charge in [-0.1, -0.05) is 49.4 Å². The molecule has 0 saturated carbocycles. The minimum absolute atomic E-state index is 0.809. The van der Waals surface area contributed by atoms with E-state index in [1.54, 1.807) is 0 Å². The number of nitrogens with zero attached hydrogens (tertiary/aromatic N) is 4. The Labute approximate surface area is 179 Å². The molecule has 5 rings (SSSR count). The third-order valence-electron chi connectivity index (χ3n) is 6.52. The van der Waals surface area contributed by atoms with E-state index >= 15 is 0 Å². The van der Waals surface area contributed by atoms with Gasteiger partial charge in [-0.2, -0.15) is 0 Å². The van der Waals surface area contributed by atoms with Crippen molar-refractivity contribution in [2.45, 2.75) is 19.8 Å². The van der Waals surface area contributed by atoms with Crippen molar-refractivity contribution in [3.63, 3.8) is 0 Å². The Morgan fingerprint density at radius 2 is 1.73 bits per heavy atom. The lowest BCUT2D eigenvalue weighted by atomic mass is 9.96. The lowest BCUT2D eigenvalue weighted by molar-refractivity contribution is 0.169. The molecule has 2 aromatic carbocycles. The summed E-state index contributed by atoms with van der Waals surface area (Å²) in [4.78, 5) is 12.3. The van der Waals surface area contributed by atoms with Gasteiger partial charge in [0, 0.05) is 35.6 Å². The zero-order valence-electron chi connectivity index (χ0n) is 17.7. The van der Waals surface area contributed by atoms with Crippen LogP contribution < -0.4 is 4.90 Å². The van der Waals surface area contributed by atoms with Crippen LogP contribution in [-0.2, 0) is 0 Å². The Kier molecular flexibility index (Phi) is 5.41. The molecule has 4 heteroatoms. The number of anilines is 1. The van der Waals surface area contributed by atoms with Crippen molar-refractivity contribution >= 4 is 16.6 Å². The molecule has 0 bridgehead atoms. The molecule has 30 heavy (non-hydrogen) atoms. The second kappa shape index (κ2) is 8.49. The maximum absolute atomic E-state index is 4.94. The van der Waals surface area contributed by atoms with Crippen LogP contribution in [0.25, 0.3) is 22.2 Å². The summed E-state index contributed by atoms with van der Waals surface area (Å²) in [7, 11) is 0. The number of hydrogen-bond donors (Lipinski definition) is 0. The summed E-state index contributed by atoms with van der Waals surface area (Å²) in [5.74, 6) is 0.809. The zero-order valence-corrected chi connectivity index (χ0v) is 17.7. The van der Waals surface area contributed by atoms with Crippen molar-refractivity contribution < 1.29 is 0 Å². The molecule has 1 aromatic heterocycles. The number of likely N-dealkylation sites (tertiary alicyclic amines) is 1. The maximum atomic E-state index is 4.94. The lowest BCUT2D eigenvalue weighted by Crippen LogP contribution is -2.38. The highest BCUT2D eigenvalue weighted by Gasteiger charge is 2.22. The van der Waals surface area contributed by atoms with Gasteiger partial charge in [0.05, 0.1) is 17.9 Å². The molecule has 4 nitrogen and oxygen atoms in total. The topological polar surface area (TPSA) is 22.6 Å². The lowest BCUT2D eigenvalue weighted by Gasteiger charge is -2.33. The van der Waals surface area contributed by atoms with Gasteiger partial charge in [-0.25, -0.2) is 4.98 Å². The monoisotopic (exact) mass is 398 g/mol. The first-order valence-electron chi connectivity index (χ1n) is 11.2. The van der Waals surface area contributed by atoms with Gasteiger partial charge in [0.25, 0.3) is 0 Å². The van der Waals surface area contributed by atoms with Crippen molar-refractivity contribution in [2.24, 2.45) is 5.92 Å². The van der Waals surface area contributed by atoms with Crippen LogP contribution in [0.3, 0.4) is 0 Å². The third-order valence-corrected chi connectivity index (χ3v) is 6.52. The van der Waals surface area contributed by atoms with Gasteiger partial charge in [-0.3, -0.25) is 0 Å². The van der Waals surface area contributed by atoms with E-state index in [1.165, 1.54) is 43.5 Å². The molecule has 0 aliphatic carbocycles. The molecular formula is C26H30N4. The first kappa shape index (κ1) is 19.1. The van der Waals surface area contributed by atoms with Gasteiger partial charge in [0.15, 0.2) is 0 Å². The van der Waals surface area contributed by atoms with Crippen molar-refractivity contribution in [3.05, 3.63) is 73.1 Å². The number of benzene rings is 2. The summed E-state index contributed by atoms with van der Waals surface area (Å²) >= 11 is 0. The molecule has 0 spiro atoms. The number of aromatic nitrogens is 1. The molecule has 154 valence electrons. The Hall–Kier alpha value is -2.85. The van der Waals surface area contributed by atoms with Crippen LogP contribution in [0.1, 0.15) is 19.8 Å². The SMILES string of the molecule is CCN1CCC(CN2C=CN(c3ccc4ccc(-c5ccccc5)nc4c3)C2)CC1. The van der Waals surface area contributed by atoms with Crippen LogP contribution in [0.15, 0.2) is 73.1 Å². The summed E-state index contributed by atoms with van der Waals surface area (Å²) in [5, 5.41) is 1.18. The Morgan fingerprint density at radius 1 is 0.933 bits per heavy atom. The number of piperidine rings is 1. The fourth-order valence-corrected chi connectivity index (χ4v) is 4.62. The molecule has 0 unspecified atom stereocenters. The molecular weight excluding hydrogens is 368 g/mol. The van der Waals surface area contributed by atoms with Crippen molar-refractivity contribution in [3.8, 4) is 11.3 Å². The van der Waals surface area contributed by atoms with E-state index in [9.17, 15) is 0 Å². The third kappa shape index (κ3) is 4.05. The highest BCUT2D eigenvalue weighted by atomic mass is 15.3. The predicted octanol–water partition coefficient (Wildman–Crippen LogP) is 5.18. The molecule has 2 aliphatic heterocycles. The smallest absolute Gasteiger partial charge is 0.0942 e. The van der Waals surface area contributed by atoms with Gasteiger partial charge < -0.3 is 14.7 Å². The van der Waals surface area contributed by atoms with Crippen LogP contribution in [-0.4, -0.2) is 47.6 Å². The molecule has 3 heterocycles. The van der Waals surface area contributed by atoms with E-state index in [4.69, 9.17) is 4.98 Å². The molecule has 3 aromatic rings. The number of fused-ring (bicyclic) bond motifs is 1. The predicted molar refractivity (Wildman–Crippen MR) is 125 cm³/mol. The summed E-state index contributed by atoms with van der Waals surface area (Å²) < 4.78 is 0. The summed E-state index contributed by atoms with van der Waals surface area (Å²) in [6.45, 7) is 8.05. The average molecular weight is 399 g/mol. The minimum atomic E-state index is 0.809. The van der Waals surface area contributed by atoms with E-state index in [1.807, 2.05) is 6.07 Å². The second-order valence-corrected chi connectivity index (χ2v) is 8.50. The largest absolute Gasteiger partial charge is 0.358 e. The number of pyridine rings is 1. The van der Waals surface area contributed by atoms with Crippen molar-refractivity contribution in [1.82, 2.24) is 14.8 Å². The normalized spacial score (nSPS) is 17.9. The Bertz CT molecular complexity index is 1020. The molecule has 0 amide bonds. The summed E-state index contributed by atoms with van der Waals surface area (Å²) in [5.41, 5.74) is 4.44. The van der Waals surface area contributed by atoms with Gasteiger partial charge in [-0.05, 0) is 56.6 Å².